The largest absolute Gasteiger partial charge is 0.355 e. The fraction of sp³-hybridized carbons (Fsp3) is 0.714. The maximum atomic E-state index is 12.0. The first-order chi connectivity index (χ1) is 9.74. The van der Waals surface area contributed by atoms with E-state index in [2.05, 4.69) is 20.6 Å². The fourth-order valence-electron chi connectivity index (χ4n) is 3.04. The van der Waals surface area contributed by atoms with Crippen LogP contribution < -0.4 is 11.1 Å². The van der Waals surface area contributed by atoms with E-state index in [-0.39, 0.29) is 17.9 Å². The van der Waals surface area contributed by atoms with E-state index in [9.17, 15) is 4.79 Å². The van der Waals surface area contributed by atoms with Crippen LogP contribution in [-0.2, 0) is 4.79 Å². The predicted octanol–water partition coefficient (Wildman–Crippen LogP) is 1.27. The third-order valence-corrected chi connectivity index (χ3v) is 5.14. The summed E-state index contributed by atoms with van der Waals surface area (Å²) >= 11 is 1.70. The van der Waals surface area contributed by atoms with Crippen LogP contribution in [0.3, 0.4) is 0 Å². The topological polar surface area (TPSA) is 70.7 Å². The molecular formula is C14H22N4OS. The van der Waals surface area contributed by atoms with Gasteiger partial charge in [0.1, 0.15) is 0 Å². The molecule has 2 heterocycles. The second kappa shape index (κ2) is 6.18. The lowest BCUT2D eigenvalue weighted by Crippen LogP contribution is -2.34. The monoisotopic (exact) mass is 294 g/mol. The zero-order chi connectivity index (χ0) is 13.9. The molecule has 3 aliphatic rings. The molecule has 0 unspecified atom stereocenters. The number of nitrogens with zero attached hydrogens (tertiary/aromatic N) is 2. The van der Waals surface area contributed by atoms with Gasteiger partial charge in [0, 0.05) is 43.7 Å². The average Bonchev–Trinajstić information content (AvgIpc) is 3.06. The van der Waals surface area contributed by atoms with Gasteiger partial charge in [-0.3, -0.25) is 9.79 Å². The molecule has 0 aromatic heterocycles. The minimum absolute atomic E-state index is 0.129. The molecule has 3 rings (SSSR count). The van der Waals surface area contributed by atoms with Gasteiger partial charge in [-0.15, -0.1) is 0 Å². The van der Waals surface area contributed by atoms with E-state index in [0.717, 1.165) is 50.4 Å². The van der Waals surface area contributed by atoms with Gasteiger partial charge in [0.2, 0.25) is 5.91 Å². The normalized spacial score (nSPS) is 28.9. The summed E-state index contributed by atoms with van der Waals surface area (Å²) in [7, 11) is 0. The third kappa shape index (κ3) is 3.01. The van der Waals surface area contributed by atoms with Crippen molar-refractivity contribution in [3.05, 3.63) is 11.1 Å². The van der Waals surface area contributed by atoms with E-state index in [1.807, 2.05) is 0 Å². The number of carbonyl (C=O) groups excluding carboxylic acids is 1. The summed E-state index contributed by atoms with van der Waals surface area (Å²) in [6, 6.07) is 0.215. The minimum atomic E-state index is 0.129. The number of amides is 1. The molecule has 1 aliphatic carbocycles. The maximum Gasteiger partial charge on any atom is 0.223 e. The molecule has 2 aliphatic heterocycles. The van der Waals surface area contributed by atoms with Gasteiger partial charge in [0.05, 0.1) is 0 Å². The van der Waals surface area contributed by atoms with Crippen LogP contribution in [0.5, 0.6) is 0 Å². The summed E-state index contributed by atoms with van der Waals surface area (Å²) in [6.45, 7) is 2.71. The molecule has 1 fully saturated rings. The smallest absolute Gasteiger partial charge is 0.223 e. The van der Waals surface area contributed by atoms with Crippen molar-refractivity contribution in [3.63, 3.8) is 0 Å². The molecular weight excluding hydrogens is 272 g/mol. The van der Waals surface area contributed by atoms with Crippen molar-refractivity contribution in [1.82, 2.24) is 10.2 Å². The van der Waals surface area contributed by atoms with Gasteiger partial charge in [0.25, 0.3) is 0 Å². The van der Waals surface area contributed by atoms with Gasteiger partial charge in [-0.1, -0.05) is 11.8 Å². The predicted molar refractivity (Wildman–Crippen MR) is 82.2 cm³/mol. The summed E-state index contributed by atoms with van der Waals surface area (Å²) in [5.74, 6) is 0.306. The van der Waals surface area contributed by atoms with Crippen LogP contribution in [-0.4, -0.2) is 41.7 Å². The lowest BCUT2D eigenvalue weighted by Gasteiger charge is -2.25. The first kappa shape index (κ1) is 13.9. The van der Waals surface area contributed by atoms with E-state index in [1.54, 1.807) is 11.8 Å². The van der Waals surface area contributed by atoms with Crippen molar-refractivity contribution in [1.29, 1.82) is 0 Å². The molecule has 110 valence electrons. The number of thioether (sulfide) groups is 1. The number of nitrogens with two attached hydrogens (primary N) is 1. The summed E-state index contributed by atoms with van der Waals surface area (Å²) in [5.41, 5.74) is 7.14. The molecule has 6 heteroatoms. The Labute approximate surface area is 124 Å². The average molecular weight is 294 g/mol. The molecule has 0 radical (unpaired) electrons. The van der Waals surface area contributed by atoms with Gasteiger partial charge in [-0.25, -0.2) is 0 Å². The number of amidine groups is 1. The number of hydrogen-bond acceptors (Lipinski definition) is 5. The first-order valence-corrected chi connectivity index (χ1v) is 8.33. The van der Waals surface area contributed by atoms with E-state index in [4.69, 9.17) is 5.73 Å². The number of aliphatic imine (C=N–C) groups is 1. The zero-order valence-electron chi connectivity index (χ0n) is 11.7. The summed E-state index contributed by atoms with van der Waals surface area (Å²) in [5, 5.41) is 6.35. The van der Waals surface area contributed by atoms with Crippen LogP contribution >= 0.6 is 11.8 Å². The SMILES string of the molecule is N[C@H]1CC[C@@H](C(=O)NCCC2=CSC3=NCCCN23)C1. The van der Waals surface area contributed by atoms with Crippen LogP contribution in [0.4, 0.5) is 0 Å². The molecule has 0 bridgehead atoms. The zero-order valence-corrected chi connectivity index (χ0v) is 12.5. The minimum Gasteiger partial charge on any atom is -0.355 e. The Morgan fingerprint density at radius 3 is 3.25 bits per heavy atom. The highest BCUT2D eigenvalue weighted by Crippen LogP contribution is 2.30. The van der Waals surface area contributed by atoms with Crippen molar-refractivity contribution >= 4 is 22.8 Å². The number of carbonyl (C=O) groups is 1. The van der Waals surface area contributed by atoms with Gasteiger partial charge in [-0.05, 0) is 31.1 Å². The van der Waals surface area contributed by atoms with E-state index in [0.29, 0.717) is 6.54 Å². The highest BCUT2D eigenvalue weighted by Gasteiger charge is 2.28. The standard InChI is InChI=1S/C14H22N4OS/c15-11-3-2-10(8-11)13(19)16-6-4-12-9-20-14-17-5-1-7-18(12)14/h9-11H,1-8,15H2,(H,16,19)/t10-,11+/m1/s1. The first-order valence-electron chi connectivity index (χ1n) is 7.45. The molecule has 5 nitrogen and oxygen atoms in total. The summed E-state index contributed by atoms with van der Waals surface area (Å²) in [4.78, 5) is 18.8. The molecule has 1 saturated carbocycles. The third-order valence-electron chi connectivity index (χ3n) is 4.19. The maximum absolute atomic E-state index is 12.0. The van der Waals surface area contributed by atoms with Crippen molar-refractivity contribution in [2.45, 2.75) is 38.1 Å². The Kier molecular flexibility index (Phi) is 4.31. The van der Waals surface area contributed by atoms with Gasteiger partial charge < -0.3 is 16.0 Å². The molecule has 3 N–H and O–H groups in total. The molecule has 0 spiro atoms. The number of hydrogen-bond donors (Lipinski definition) is 2. The Bertz CT molecular complexity index is 448. The lowest BCUT2D eigenvalue weighted by atomic mass is 10.1. The van der Waals surface area contributed by atoms with Gasteiger partial charge in [0.15, 0.2) is 5.17 Å². The summed E-state index contributed by atoms with van der Waals surface area (Å²) in [6.07, 6.45) is 4.76. The Hall–Kier alpha value is -1.01. The fourth-order valence-corrected chi connectivity index (χ4v) is 4.03. The van der Waals surface area contributed by atoms with Crippen LogP contribution in [0, 0.1) is 5.92 Å². The number of rotatable bonds is 4. The van der Waals surface area contributed by atoms with Crippen molar-refractivity contribution < 1.29 is 4.79 Å². The molecule has 20 heavy (non-hydrogen) atoms. The molecule has 0 saturated heterocycles. The second-order valence-electron chi connectivity index (χ2n) is 5.71. The lowest BCUT2D eigenvalue weighted by molar-refractivity contribution is -0.124. The van der Waals surface area contributed by atoms with Gasteiger partial charge in [-0.2, -0.15) is 0 Å². The van der Waals surface area contributed by atoms with E-state index in [1.165, 1.54) is 5.70 Å². The Morgan fingerprint density at radius 2 is 2.45 bits per heavy atom. The van der Waals surface area contributed by atoms with Crippen LogP contribution in [0.25, 0.3) is 0 Å². The molecule has 0 aromatic carbocycles. The Balaban J connectivity index is 1.43. The van der Waals surface area contributed by atoms with Crippen LogP contribution in [0.15, 0.2) is 16.1 Å². The van der Waals surface area contributed by atoms with Crippen LogP contribution in [0.2, 0.25) is 0 Å². The van der Waals surface area contributed by atoms with Gasteiger partial charge >= 0.3 is 0 Å². The van der Waals surface area contributed by atoms with E-state index < -0.39 is 0 Å². The van der Waals surface area contributed by atoms with Crippen molar-refractivity contribution in [3.8, 4) is 0 Å². The van der Waals surface area contributed by atoms with Crippen LogP contribution in [0.1, 0.15) is 32.1 Å². The van der Waals surface area contributed by atoms with Crippen molar-refractivity contribution in [2.75, 3.05) is 19.6 Å². The number of fused-ring (bicyclic) bond motifs is 1. The molecule has 2 atom stereocenters. The van der Waals surface area contributed by atoms with E-state index >= 15 is 0 Å². The van der Waals surface area contributed by atoms with Crippen molar-refractivity contribution in [2.24, 2.45) is 16.6 Å². The molecule has 1 amide bonds. The number of nitrogens with one attached hydrogen (secondary N) is 1. The Morgan fingerprint density at radius 1 is 1.55 bits per heavy atom. The highest BCUT2D eigenvalue weighted by atomic mass is 32.2. The summed E-state index contributed by atoms with van der Waals surface area (Å²) < 4.78 is 0. The quantitative estimate of drug-likeness (QED) is 0.819. The second-order valence-corrected chi connectivity index (χ2v) is 6.54. The molecule has 0 aromatic rings. The highest BCUT2D eigenvalue weighted by molar-refractivity contribution is 8.16.